The Labute approximate surface area is 237 Å². The zero-order valence-electron chi connectivity index (χ0n) is 23.9. The third-order valence-electron chi connectivity index (χ3n) is 10.3. The van der Waals surface area contributed by atoms with Crippen molar-refractivity contribution >= 4 is 17.4 Å². The Morgan fingerprint density at radius 2 is 2.10 bits per heavy atom. The number of rotatable bonds is 8. The van der Waals surface area contributed by atoms with Crippen molar-refractivity contribution in [3.05, 3.63) is 51.5 Å². The number of aliphatic hydroxyl groups excluding tert-OH is 2. The van der Waals surface area contributed by atoms with Crippen molar-refractivity contribution in [2.45, 2.75) is 115 Å². The first kappa shape index (κ1) is 28.6. The summed E-state index contributed by atoms with van der Waals surface area (Å²) in [4.78, 5) is 18.2. The fraction of sp³-hybridized carbons (Fsp3) is 0.688. The van der Waals surface area contributed by atoms with Crippen LogP contribution in [0.3, 0.4) is 0 Å². The predicted molar refractivity (Wildman–Crippen MR) is 156 cm³/mol. The number of alkyl carbamates (subject to hydrolysis) is 1. The summed E-state index contributed by atoms with van der Waals surface area (Å²) in [5.74, 6) is 1.26. The van der Waals surface area contributed by atoms with E-state index in [1.807, 2.05) is 6.20 Å². The number of nitrogens with zero attached hydrogens (tertiary/aromatic N) is 1. The molecule has 1 aromatic heterocycles. The number of aromatic nitrogens is 1. The predicted octanol–water partition coefficient (Wildman–Crippen LogP) is 6.52. The topological polar surface area (TPSA) is 91.7 Å². The van der Waals surface area contributed by atoms with Crippen LogP contribution in [0.2, 0.25) is 0 Å². The Balaban J connectivity index is 1.24. The Hall–Kier alpha value is -1.96. The monoisotopic (exact) mass is 554 g/mol. The minimum Gasteiger partial charge on any atom is -0.445 e. The van der Waals surface area contributed by atoms with Gasteiger partial charge in [-0.3, -0.25) is 0 Å². The molecule has 4 saturated carbocycles. The zero-order valence-corrected chi connectivity index (χ0v) is 24.7. The van der Waals surface area contributed by atoms with Crippen LogP contribution >= 0.6 is 11.3 Å². The number of carbonyl (C=O) groups excluding carboxylic acids is 1. The lowest BCUT2D eigenvalue weighted by Crippen LogP contribution is -2.35. The number of nitrogens with one attached hydrogen (secondary N) is 1. The molecule has 0 radical (unpaired) electrons. The van der Waals surface area contributed by atoms with Gasteiger partial charge in [0.2, 0.25) is 0 Å². The molecule has 6 atom stereocenters. The molecule has 4 unspecified atom stereocenters. The maximum atomic E-state index is 12.3. The van der Waals surface area contributed by atoms with Crippen LogP contribution in [0.5, 0.6) is 0 Å². The molecule has 39 heavy (non-hydrogen) atoms. The van der Waals surface area contributed by atoms with Gasteiger partial charge in [0.1, 0.15) is 11.1 Å². The van der Waals surface area contributed by atoms with Crippen LogP contribution in [0.1, 0.15) is 93.9 Å². The maximum absolute atomic E-state index is 12.3. The molecule has 7 heteroatoms. The van der Waals surface area contributed by atoms with Gasteiger partial charge in [0.25, 0.3) is 0 Å². The van der Waals surface area contributed by atoms with E-state index in [1.165, 1.54) is 36.1 Å². The van der Waals surface area contributed by atoms with Gasteiger partial charge in [0.15, 0.2) is 0 Å². The average Bonchev–Trinajstić information content (AvgIpc) is 3.48. The number of aryl methyl sites for hydroxylation is 1. The number of carbonyl (C=O) groups is 1. The average molecular weight is 555 g/mol. The molecule has 4 fully saturated rings. The van der Waals surface area contributed by atoms with Crippen LogP contribution in [0.25, 0.3) is 0 Å². The Bertz CT molecular complexity index is 1130. The summed E-state index contributed by atoms with van der Waals surface area (Å²) in [6, 6.07) is 0. The van der Waals surface area contributed by atoms with Gasteiger partial charge >= 0.3 is 6.09 Å². The molecular weight excluding hydrogens is 508 g/mol. The van der Waals surface area contributed by atoms with Crippen molar-refractivity contribution in [3.63, 3.8) is 0 Å². The summed E-state index contributed by atoms with van der Waals surface area (Å²) >= 11 is 1.74. The van der Waals surface area contributed by atoms with Crippen molar-refractivity contribution in [2.24, 2.45) is 17.3 Å². The third-order valence-corrected chi connectivity index (χ3v) is 11.5. The van der Waals surface area contributed by atoms with Crippen LogP contribution in [0.15, 0.2) is 41.6 Å². The molecule has 0 bridgehead atoms. The Kier molecular flexibility index (Phi) is 8.42. The van der Waals surface area contributed by atoms with Crippen LogP contribution in [0.4, 0.5) is 4.79 Å². The molecule has 4 aliphatic carbocycles. The van der Waals surface area contributed by atoms with Crippen molar-refractivity contribution in [1.29, 1.82) is 0 Å². The first-order chi connectivity index (χ1) is 18.7. The first-order valence-corrected chi connectivity index (χ1v) is 15.7. The van der Waals surface area contributed by atoms with Crippen LogP contribution < -0.4 is 5.32 Å². The van der Waals surface area contributed by atoms with Gasteiger partial charge in [-0.15, -0.1) is 11.3 Å². The van der Waals surface area contributed by atoms with Gasteiger partial charge in [-0.25, -0.2) is 9.78 Å². The van der Waals surface area contributed by atoms with E-state index < -0.39 is 12.2 Å². The van der Waals surface area contributed by atoms with Crippen LogP contribution in [-0.4, -0.2) is 46.6 Å². The Morgan fingerprint density at radius 1 is 1.31 bits per heavy atom. The van der Waals surface area contributed by atoms with Gasteiger partial charge in [0, 0.05) is 24.5 Å². The largest absolute Gasteiger partial charge is 0.445 e. The van der Waals surface area contributed by atoms with E-state index in [2.05, 4.69) is 42.9 Å². The van der Waals surface area contributed by atoms with Gasteiger partial charge in [-0.1, -0.05) is 31.2 Å². The highest BCUT2D eigenvalue weighted by atomic mass is 32.1. The quantitative estimate of drug-likeness (QED) is 0.340. The number of ether oxygens (including phenoxy) is 1. The van der Waals surface area contributed by atoms with Crippen molar-refractivity contribution in [2.75, 3.05) is 7.05 Å². The molecule has 0 saturated heterocycles. The molecule has 1 heterocycles. The van der Waals surface area contributed by atoms with E-state index in [0.29, 0.717) is 30.1 Å². The van der Waals surface area contributed by atoms with E-state index in [9.17, 15) is 15.0 Å². The third kappa shape index (κ3) is 5.77. The second-order valence-electron chi connectivity index (χ2n) is 12.8. The van der Waals surface area contributed by atoms with E-state index in [4.69, 9.17) is 4.74 Å². The summed E-state index contributed by atoms with van der Waals surface area (Å²) < 4.78 is 5.98. The number of aliphatic hydroxyl groups is 2. The van der Waals surface area contributed by atoms with Crippen LogP contribution in [-0.2, 0) is 10.2 Å². The standard InChI is InChI=1S/C32H46N2O4S/c1-20-19-34-29(39-20)32(15-16-32)28(38-30(37)33-4)9-5-8-24-12-13-26-22(7-6-14-31(24,26)3)10-11-23-17-25(35)18-27(36)21(23)2/h10-11,19,24-28,35-36H,2,5-9,12-18H2,1,3-4H3,(H,33,37)/b22-10+,23-11-/t24?,25-,26?,27+,28?,31?/m1/s1. The molecule has 3 N–H and O–H groups in total. The van der Waals surface area contributed by atoms with Crippen LogP contribution in [0, 0.1) is 24.2 Å². The summed E-state index contributed by atoms with van der Waals surface area (Å²) in [6.45, 7) is 8.67. The number of hydrogen-bond donors (Lipinski definition) is 3. The van der Waals surface area contributed by atoms with Gasteiger partial charge < -0.3 is 20.3 Å². The van der Waals surface area contributed by atoms with Crippen molar-refractivity contribution in [1.82, 2.24) is 10.3 Å². The summed E-state index contributed by atoms with van der Waals surface area (Å²) in [5.41, 5.74) is 3.47. The maximum Gasteiger partial charge on any atom is 0.407 e. The molecular formula is C32H46N2O4S. The fourth-order valence-electron chi connectivity index (χ4n) is 7.86. The highest BCUT2D eigenvalue weighted by molar-refractivity contribution is 7.11. The highest BCUT2D eigenvalue weighted by Gasteiger charge is 2.55. The van der Waals surface area contributed by atoms with E-state index in [1.54, 1.807) is 18.4 Å². The smallest absolute Gasteiger partial charge is 0.407 e. The summed E-state index contributed by atoms with van der Waals surface area (Å²) in [7, 11) is 1.63. The van der Waals surface area contributed by atoms with Crippen molar-refractivity contribution in [3.8, 4) is 0 Å². The summed E-state index contributed by atoms with van der Waals surface area (Å²) in [5, 5.41) is 24.1. The lowest BCUT2D eigenvalue weighted by Gasteiger charge is -2.42. The minimum absolute atomic E-state index is 0.105. The molecule has 1 amide bonds. The van der Waals surface area contributed by atoms with E-state index in [-0.39, 0.29) is 17.6 Å². The van der Waals surface area contributed by atoms with Gasteiger partial charge in [-0.05, 0) is 106 Å². The molecule has 0 aromatic carbocycles. The SMILES string of the molecule is C=C1/C(=C\C=C2/CCCC3(C)C(CCCC(OC(=O)NC)C4(c5ncc(C)s5)CC4)CCC23)C[C@@H](O)C[C@@H]1O. The molecule has 4 aliphatic rings. The summed E-state index contributed by atoms with van der Waals surface area (Å²) in [6.07, 6.45) is 17.0. The zero-order chi connectivity index (χ0) is 27.8. The lowest BCUT2D eigenvalue weighted by atomic mass is 9.62. The molecule has 1 aromatic rings. The second-order valence-corrected chi connectivity index (χ2v) is 14.0. The lowest BCUT2D eigenvalue weighted by molar-refractivity contribution is 0.0644. The fourth-order valence-corrected chi connectivity index (χ4v) is 8.92. The van der Waals surface area contributed by atoms with Crippen molar-refractivity contribution < 1.29 is 19.7 Å². The molecule has 0 aliphatic heterocycles. The highest BCUT2D eigenvalue weighted by Crippen LogP contribution is 2.59. The normalized spacial score (nSPS) is 34.6. The van der Waals surface area contributed by atoms with E-state index in [0.717, 1.165) is 54.7 Å². The number of thiazole rings is 1. The molecule has 5 rings (SSSR count). The number of amides is 1. The second kappa shape index (κ2) is 11.5. The Morgan fingerprint density at radius 3 is 2.79 bits per heavy atom. The van der Waals surface area contributed by atoms with Gasteiger partial charge in [-0.2, -0.15) is 0 Å². The molecule has 214 valence electrons. The molecule has 0 spiro atoms. The minimum atomic E-state index is -0.642. The first-order valence-electron chi connectivity index (χ1n) is 14.9. The van der Waals surface area contributed by atoms with E-state index >= 15 is 0 Å². The van der Waals surface area contributed by atoms with Gasteiger partial charge in [0.05, 0.1) is 17.6 Å². The molecule has 6 nitrogen and oxygen atoms in total. The number of allylic oxidation sites excluding steroid dienone is 3. The number of fused-ring (bicyclic) bond motifs is 1. The number of hydrogen-bond acceptors (Lipinski definition) is 6.